The van der Waals surface area contributed by atoms with Crippen LogP contribution >= 0.6 is 0 Å². The predicted molar refractivity (Wildman–Crippen MR) is 160 cm³/mol. The molecule has 0 unspecified atom stereocenters. The maximum Gasteiger partial charge on any atom is 0.308 e. The van der Waals surface area contributed by atoms with E-state index in [1.807, 2.05) is 53.4 Å². The molecule has 4 heterocycles. The number of likely N-dealkylation sites (tertiary alicyclic amines) is 1. The summed E-state index contributed by atoms with van der Waals surface area (Å²) in [6.07, 6.45) is 5.86. The number of amides is 2. The van der Waals surface area contributed by atoms with Gasteiger partial charge in [0.2, 0.25) is 18.6 Å². The lowest BCUT2D eigenvalue weighted by Crippen LogP contribution is -2.46. The highest BCUT2D eigenvalue weighted by molar-refractivity contribution is 6.01. The van der Waals surface area contributed by atoms with Crippen LogP contribution in [-0.4, -0.2) is 71.8 Å². The molecule has 0 spiro atoms. The van der Waals surface area contributed by atoms with Crippen molar-refractivity contribution in [2.24, 2.45) is 5.92 Å². The van der Waals surface area contributed by atoms with Crippen LogP contribution in [0, 0.1) is 5.92 Å². The smallest absolute Gasteiger partial charge is 0.308 e. The summed E-state index contributed by atoms with van der Waals surface area (Å²) in [5.41, 5.74) is 3.39. The van der Waals surface area contributed by atoms with Crippen LogP contribution in [0.2, 0.25) is 0 Å². The summed E-state index contributed by atoms with van der Waals surface area (Å²) in [6.45, 7) is 3.55. The summed E-state index contributed by atoms with van der Waals surface area (Å²) in [4.78, 5) is 49.5. The minimum Gasteiger partial charge on any atom is -0.481 e. The third-order valence-corrected chi connectivity index (χ3v) is 8.76. The molecule has 2 aromatic carbocycles. The first kappa shape index (κ1) is 28.7. The molecule has 1 N–H and O–H groups in total. The molecule has 2 amide bonds. The van der Waals surface area contributed by atoms with E-state index in [2.05, 4.69) is 11.9 Å². The fourth-order valence-electron chi connectivity index (χ4n) is 6.64. The van der Waals surface area contributed by atoms with E-state index in [1.165, 1.54) is 0 Å². The van der Waals surface area contributed by atoms with Gasteiger partial charge in [0.05, 0.1) is 30.8 Å². The van der Waals surface area contributed by atoms with Crippen LogP contribution in [0.3, 0.4) is 0 Å². The molecular weight excluding hydrogens is 548 g/mol. The van der Waals surface area contributed by atoms with Gasteiger partial charge >= 0.3 is 5.97 Å². The molecule has 10 heteroatoms. The maximum atomic E-state index is 13.9. The molecule has 224 valence electrons. The Morgan fingerprint density at radius 2 is 1.93 bits per heavy atom. The van der Waals surface area contributed by atoms with Crippen LogP contribution in [0.4, 0.5) is 11.4 Å². The Morgan fingerprint density at radius 1 is 1.09 bits per heavy atom. The van der Waals surface area contributed by atoms with E-state index in [0.717, 1.165) is 35.3 Å². The Morgan fingerprint density at radius 3 is 2.72 bits per heavy atom. The van der Waals surface area contributed by atoms with Crippen molar-refractivity contribution in [2.75, 3.05) is 42.8 Å². The van der Waals surface area contributed by atoms with Crippen molar-refractivity contribution in [3.05, 3.63) is 78.1 Å². The topological polar surface area (TPSA) is 113 Å². The number of benzene rings is 2. The van der Waals surface area contributed by atoms with Gasteiger partial charge in [-0.1, -0.05) is 37.6 Å². The number of carboxylic acids is 1. The second kappa shape index (κ2) is 12.4. The fraction of sp³-hybridized carbons (Fsp3) is 0.394. The maximum absolute atomic E-state index is 13.9. The zero-order valence-corrected chi connectivity index (χ0v) is 24.2. The Labute approximate surface area is 250 Å². The highest BCUT2D eigenvalue weighted by Gasteiger charge is 2.48. The first-order valence-corrected chi connectivity index (χ1v) is 14.9. The van der Waals surface area contributed by atoms with E-state index < -0.39 is 17.9 Å². The summed E-state index contributed by atoms with van der Waals surface area (Å²) in [5.74, 6) is -0.975. The number of carbonyl (C=O) groups excluding carboxylic acids is 2. The summed E-state index contributed by atoms with van der Waals surface area (Å²) < 4.78 is 11.1. The van der Waals surface area contributed by atoms with Crippen LogP contribution in [0.1, 0.15) is 43.2 Å². The van der Waals surface area contributed by atoms with Crippen LogP contribution in [-0.2, 0) is 20.8 Å². The number of aromatic nitrogens is 1. The van der Waals surface area contributed by atoms with Gasteiger partial charge in [0.15, 0.2) is 11.5 Å². The monoisotopic (exact) mass is 584 g/mol. The van der Waals surface area contributed by atoms with E-state index in [4.69, 9.17) is 9.47 Å². The van der Waals surface area contributed by atoms with Gasteiger partial charge in [-0.15, -0.1) is 0 Å². The van der Waals surface area contributed by atoms with E-state index in [0.29, 0.717) is 44.0 Å². The molecule has 10 nitrogen and oxygen atoms in total. The molecule has 0 saturated carbocycles. The SMILES string of the molecule is CCCCN(C(=O)CN1C[C@H](c2ccc3c(c2)OCO3)[C@@H](C(=O)O)[C@@H]1CCN1C(=O)Cc2ccccc21)c1cccnc1. The summed E-state index contributed by atoms with van der Waals surface area (Å²) >= 11 is 0. The number of fused-ring (bicyclic) bond motifs is 2. The van der Waals surface area contributed by atoms with Gasteiger partial charge < -0.3 is 24.4 Å². The normalized spacial score (nSPS) is 20.8. The van der Waals surface area contributed by atoms with Crippen molar-refractivity contribution in [2.45, 2.75) is 44.6 Å². The number of unbranched alkanes of at least 4 members (excludes halogenated alkanes) is 1. The molecule has 0 bridgehead atoms. The standard InChI is InChI=1S/C33H36N4O6/c1-2-3-14-36(24-8-6-13-34-18-24)31(39)20-35-19-25(22-10-11-28-29(16-22)43-21-42-28)32(33(40)41)27(35)12-15-37-26-9-5-4-7-23(26)17-30(37)38/h4-11,13,16,18,25,27,32H,2-3,12,14-15,17,19-21H2,1H3,(H,40,41)/t25-,27+,32-/m1/s1. The molecule has 1 saturated heterocycles. The largest absolute Gasteiger partial charge is 0.481 e. The molecule has 0 radical (unpaired) electrons. The molecule has 43 heavy (non-hydrogen) atoms. The van der Waals surface area contributed by atoms with Crippen molar-refractivity contribution < 1.29 is 29.0 Å². The Balaban J connectivity index is 1.30. The van der Waals surface area contributed by atoms with Crippen LogP contribution in [0.5, 0.6) is 11.5 Å². The zero-order chi connectivity index (χ0) is 29.9. The van der Waals surface area contributed by atoms with Gasteiger partial charge in [-0.3, -0.25) is 24.3 Å². The van der Waals surface area contributed by atoms with Gasteiger partial charge in [-0.05, 0) is 54.3 Å². The third kappa shape index (κ3) is 5.79. The average molecular weight is 585 g/mol. The van der Waals surface area contributed by atoms with Crippen LogP contribution in [0.15, 0.2) is 67.0 Å². The van der Waals surface area contributed by atoms with Gasteiger partial charge in [0.25, 0.3) is 0 Å². The molecule has 3 aliphatic rings. The Bertz CT molecular complexity index is 1500. The minimum atomic E-state index is -0.925. The van der Waals surface area contributed by atoms with Gasteiger partial charge in [0.1, 0.15) is 0 Å². The second-order valence-electron chi connectivity index (χ2n) is 11.3. The lowest BCUT2D eigenvalue weighted by Gasteiger charge is -2.31. The lowest BCUT2D eigenvalue weighted by atomic mass is 9.84. The summed E-state index contributed by atoms with van der Waals surface area (Å²) in [6, 6.07) is 16.5. The molecule has 0 aliphatic carbocycles. The van der Waals surface area contributed by atoms with Crippen molar-refractivity contribution in [1.82, 2.24) is 9.88 Å². The van der Waals surface area contributed by atoms with Crippen molar-refractivity contribution >= 4 is 29.2 Å². The predicted octanol–water partition coefficient (Wildman–Crippen LogP) is 4.09. The number of carbonyl (C=O) groups is 3. The number of hydrogen-bond acceptors (Lipinski definition) is 7. The Hall–Kier alpha value is -4.44. The average Bonchev–Trinajstić information content (AvgIpc) is 3.71. The number of pyridine rings is 1. The van der Waals surface area contributed by atoms with Crippen molar-refractivity contribution in [3.63, 3.8) is 0 Å². The minimum absolute atomic E-state index is 0.00309. The van der Waals surface area contributed by atoms with Crippen molar-refractivity contribution in [3.8, 4) is 11.5 Å². The first-order chi connectivity index (χ1) is 20.9. The molecular formula is C33H36N4O6. The molecule has 3 atom stereocenters. The van der Waals surface area contributed by atoms with Crippen LogP contribution in [0.25, 0.3) is 0 Å². The zero-order valence-electron chi connectivity index (χ0n) is 24.2. The number of aliphatic carboxylic acids is 1. The second-order valence-corrected chi connectivity index (χ2v) is 11.3. The van der Waals surface area contributed by atoms with Crippen molar-refractivity contribution in [1.29, 1.82) is 0 Å². The number of anilines is 2. The number of nitrogens with zero attached hydrogens (tertiary/aromatic N) is 4. The third-order valence-electron chi connectivity index (χ3n) is 8.76. The van der Waals surface area contributed by atoms with E-state index in [1.54, 1.807) is 28.3 Å². The fourth-order valence-corrected chi connectivity index (χ4v) is 6.64. The number of rotatable bonds is 11. The van der Waals surface area contributed by atoms with Gasteiger partial charge in [-0.2, -0.15) is 0 Å². The number of hydrogen-bond donors (Lipinski definition) is 1. The number of para-hydroxylation sites is 1. The molecule has 6 rings (SSSR count). The molecule has 3 aliphatic heterocycles. The first-order valence-electron chi connectivity index (χ1n) is 14.9. The molecule has 1 fully saturated rings. The highest BCUT2D eigenvalue weighted by Crippen LogP contribution is 2.43. The van der Waals surface area contributed by atoms with E-state index in [-0.39, 0.29) is 31.1 Å². The number of ether oxygens (including phenoxy) is 2. The lowest BCUT2D eigenvalue weighted by molar-refractivity contribution is -0.143. The summed E-state index contributed by atoms with van der Waals surface area (Å²) in [5, 5.41) is 10.6. The quantitative estimate of drug-likeness (QED) is 0.359. The van der Waals surface area contributed by atoms with E-state index >= 15 is 0 Å². The molecule has 1 aromatic heterocycles. The summed E-state index contributed by atoms with van der Waals surface area (Å²) in [7, 11) is 0. The number of carboxylic acid groups (broad SMARTS) is 1. The van der Waals surface area contributed by atoms with Crippen LogP contribution < -0.4 is 19.3 Å². The van der Waals surface area contributed by atoms with Gasteiger partial charge in [0, 0.05) is 43.5 Å². The highest BCUT2D eigenvalue weighted by atomic mass is 16.7. The molecule has 3 aromatic rings. The van der Waals surface area contributed by atoms with E-state index in [9.17, 15) is 19.5 Å². The Kier molecular flexibility index (Phi) is 8.29. The van der Waals surface area contributed by atoms with Gasteiger partial charge in [-0.25, -0.2) is 0 Å².